The fourth-order valence-corrected chi connectivity index (χ4v) is 5.73. The van der Waals surface area contributed by atoms with Gasteiger partial charge in [-0.1, -0.05) is 30.3 Å². The van der Waals surface area contributed by atoms with E-state index < -0.39 is 15.4 Å². The van der Waals surface area contributed by atoms with Crippen LogP contribution in [0.4, 0.5) is 0 Å². The monoisotopic (exact) mass is 428 g/mol. The zero-order chi connectivity index (χ0) is 21.4. The maximum Gasteiger partial charge on any atom is 0.175 e. The van der Waals surface area contributed by atoms with Gasteiger partial charge in [-0.3, -0.25) is 0 Å². The third-order valence-corrected chi connectivity index (χ3v) is 8.01. The van der Waals surface area contributed by atoms with Crippen LogP contribution in [0.25, 0.3) is 0 Å². The number of sulfone groups is 1. The first-order valence-electron chi connectivity index (χ1n) is 10.8. The molecule has 1 fully saturated rings. The number of nitrogens with zero attached hydrogens (tertiary/aromatic N) is 1. The van der Waals surface area contributed by atoms with E-state index in [0.717, 1.165) is 56.6 Å². The van der Waals surface area contributed by atoms with E-state index >= 15 is 0 Å². The molecule has 2 aromatic rings. The van der Waals surface area contributed by atoms with Crippen molar-refractivity contribution in [1.29, 1.82) is 0 Å². The summed E-state index contributed by atoms with van der Waals surface area (Å²) >= 11 is 0. The zero-order valence-corrected chi connectivity index (χ0v) is 18.7. The smallest absolute Gasteiger partial charge is 0.175 e. The number of para-hydroxylation sites is 1. The average molecular weight is 429 g/mol. The van der Waals surface area contributed by atoms with Gasteiger partial charge in [0.05, 0.1) is 4.90 Å². The second-order valence-electron chi connectivity index (χ2n) is 8.81. The molecule has 2 N–H and O–H groups in total. The average Bonchev–Trinajstić information content (AvgIpc) is 3.14. The number of ether oxygens (including phenoxy) is 1. The van der Waals surface area contributed by atoms with E-state index in [1.807, 2.05) is 24.3 Å². The molecule has 2 aliphatic rings. The van der Waals surface area contributed by atoms with Crippen LogP contribution in [0.15, 0.2) is 53.4 Å². The third kappa shape index (κ3) is 4.01. The van der Waals surface area contributed by atoms with Gasteiger partial charge in [-0.2, -0.15) is 0 Å². The van der Waals surface area contributed by atoms with Gasteiger partial charge in [0, 0.05) is 24.6 Å². The molecule has 2 aromatic carbocycles. The van der Waals surface area contributed by atoms with E-state index in [1.165, 1.54) is 11.8 Å². The van der Waals surface area contributed by atoms with Crippen LogP contribution in [-0.2, 0) is 21.9 Å². The minimum atomic E-state index is -3.22. The minimum Gasteiger partial charge on any atom is -0.482 e. The van der Waals surface area contributed by atoms with E-state index in [9.17, 15) is 8.42 Å². The second kappa shape index (κ2) is 8.33. The molecule has 2 heterocycles. The Morgan fingerprint density at radius 1 is 1.13 bits per heavy atom. The van der Waals surface area contributed by atoms with Gasteiger partial charge in [0.25, 0.3) is 0 Å². The van der Waals surface area contributed by atoms with E-state index in [2.05, 4.69) is 24.0 Å². The highest BCUT2D eigenvalue weighted by molar-refractivity contribution is 7.90. The van der Waals surface area contributed by atoms with Crippen LogP contribution in [0, 0.1) is 5.92 Å². The topological polar surface area (TPSA) is 72.6 Å². The van der Waals surface area contributed by atoms with Crippen molar-refractivity contribution in [3.05, 3.63) is 59.7 Å². The molecule has 0 radical (unpaired) electrons. The summed E-state index contributed by atoms with van der Waals surface area (Å²) in [5, 5.41) is 0. The molecule has 2 atom stereocenters. The number of piperidine rings is 1. The normalized spacial score (nSPS) is 23.7. The number of nitrogens with two attached hydrogens (primary N) is 1. The highest BCUT2D eigenvalue weighted by atomic mass is 32.2. The Labute approximate surface area is 180 Å². The van der Waals surface area contributed by atoms with Gasteiger partial charge in [-0.05, 0) is 75.1 Å². The third-order valence-electron chi connectivity index (χ3n) is 6.89. The molecular formula is C24H32N2O3S. The van der Waals surface area contributed by atoms with Crippen molar-refractivity contribution >= 4 is 9.84 Å². The minimum absolute atomic E-state index is 0.349. The van der Waals surface area contributed by atoms with Gasteiger partial charge >= 0.3 is 0 Å². The van der Waals surface area contributed by atoms with Crippen LogP contribution in [0.1, 0.15) is 37.3 Å². The summed E-state index contributed by atoms with van der Waals surface area (Å²) in [4.78, 5) is 2.88. The van der Waals surface area contributed by atoms with Crippen LogP contribution in [0.3, 0.4) is 0 Å². The fraction of sp³-hybridized carbons (Fsp3) is 0.500. The lowest BCUT2D eigenvalue weighted by Crippen LogP contribution is -2.48. The number of benzene rings is 2. The van der Waals surface area contributed by atoms with Crippen molar-refractivity contribution in [2.75, 3.05) is 25.9 Å². The second-order valence-corrected chi connectivity index (χ2v) is 10.8. The molecule has 6 heteroatoms. The molecule has 162 valence electrons. The fourth-order valence-electron chi connectivity index (χ4n) is 5.10. The molecule has 0 aromatic heterocycles. The van der Waals surface area contributed by atoms with Crippen LogP contribution >= 0.6 is 0 Å². The first-order chi connectivity index (χ1) is 14.3. The molecule has 2 unspecified atom stereocenters. The van der Waals surface area contributed by atoms with Crippen molar-refractivity contribution in [1.82, 2.24) is 4.90 Å². The molecule has 5 nitrogen and oxygen atoms in total. The number of hydrogen-bond acceptors (Lipinski definition) is 5. The van der Waals surface area contributed by atoms with Crippen molar-refractivity contribution in [3.63, 3.8) is 0 Å². The predicted octanol–water partition coefficient (Wildman–Crippen LogP) is 3.37. The zero-order valence-electron chi connectivity index (χ0n) is 17.9. The van der Waals surface area contributed by atoms with E-state index in [0.29, 0.717) is 16.9 Å². The highest BCUT2D eigenvalue weighted by Gasteiger charge is 2.48. The first kappa shape index (κ1) is 21.3. The quantitative estimate of drug-likeness (QED) is 0.764. The van der Waals surface area contributed by atoms with Crippen LogP contribution in [-0.4, -0.2) is 45.2 Å². The summed E-state index contributed by atoms with van der Waals surface area (Å²) in [6.07, 6.45) is 5.19. The Kier molecular flexibility index (Phi) is 5.93. The van der Waals surface area contributed by atoms with Crippen molar-refractivity contribution in [3.8, 4) is 5.75 Å². The lowest BCUT2D eigenvalue weighted by Gasteiger charge is -2.44. The van der Waals surface area contributed by atoms with Crippen molar-refractivity contribution in [2.24, 2.45) is 11.7 Å². The van der Waals surface area contributed by atoms with Crippen LogP contribution in [0.5, 0.6) is 5.75 Å². The Bertz CT molecular complexity index is 955. The van der Waals surface area contributed by atoms with Gasteiger partial charge in [-0.25, -0.2) is 8.42 Å². The summed E-state index contributed by atoms with van der Waals surface area (Å²) in [6, 6.07) is 16.1. The maximum atomic E-state index is 11.9. The first-order valence-corrected chi connectivity index (χ1v) is 12.7. The Morgan fingerprint density at radius 2 is 1.80 bits per heavy atom. The van der Waals surface area contributed by atoms with Gasteiger partial charge < -0.3 is 15.4 Å². The van der Waals surface area contributed by atoms with E-state index in [4.69, 9.17) is 10.5 Å². The summed E-state index contributed by atoms with van der Waals surface area (Å²) in [7, 11) is -3.22. The molecule has 30 heavy (non-hydrogen) atoms. The molecule has 0 bridgehead atoms. The Hall–Kier alpha value is -1.89. The molecule has 0 amide bonds. The molecule has 4 rings (SSSR count). The lowest BCUT2D eigenvalue weighted by molar-refractivity contribution is -0.0141. The maximum absolute atomic E-state index is 11.9. The lowest BCUT2D eigenvalue weighted by atomic mass is 9.73. The van der Waals surface area contributed by atoms with Crippen molar-refractivity contribution in [2.45, 2.75) is 49.1 Å². The van der Waals surface area contributed by atoms with Gasteiger partial charge in [0.1, 0.15) is 11.4 Å². The Balaban J connectivity index is 1.64. The van der Waals surface area contributed by atoms with E-state index in [-0.39, 0.29) is 0 Å². The number of rotatable bonds is 6. The molecule has 0 aliphatic carbocycles. The number of likely N-dealkylation sites (tertiary alicyclic amines) is 1. The highest BCUT2D eigenvalue weighted by Crippen LogP contribution is 2.49. The Morgan fingerprint density at radius 3 is 2.40 bits per heavy atom. The molecule has 0 spiro atoms. The number of hydrogen-bond donors (Lipinski definition) is 1. The molecule has 1 saturated heterocycles. The molecule has 0 saturated carbocycles. The predicted molar refractivity (Wildman–Crippen MR) is 119 cm³/mol. The van der Waals surface area contributed by atoms with Crippen LogP contribution in [0.2, 0.25) is 0 Å². The van der Waals surface area contributed by atoms with Crippen LogP contribution < -0.4 is 10.5 Å². The molecular weight excluding hydrogens is 396 g/mol. The standard InChI is InChI=1S/C24H32N2O3S/c1-18(11-14-25)26-15-12-21(13-16-26)24(17-19-5-3-4-6-23(19)29-24)20-7-9-22(10-8-20)30(2,27)28/h3-10,18,21H,11-17,25H2,1-2H3. The van der Waals surface area contributed by atoms with Gasteiger partial charge in [-0.15, -0.1) is 0 Å². The number of fused-ring (bicyclic) bond motifs is 1. The van der Waals surface area contributed by atoms with Gasteiger partial charge in [0.15, 0.2) is 9.84 Å². The summed E-state index contributed by atoms with van der Waals surface area (Å²) in [6.45, 7) is 5.05. The SMILES string of the molecule is CC(CCN)N1CCC(C2(c3ccc(S(C)(=O)=O)cc3)Cc3ccccc3O2)CC1. The summed E-state index contributed by atoms with van der Waals surface area (Å²) in [5.74, 6) is 1.32. The molecule has 2 aliphatic heterocycles. The largest absolute Gasteiger partial charge is 0.482 e. The summed E-state index contributed by atoms with van der Waals surface area (Å²) < 4.78 is 30.6. The van der Waals surface area contributed by atoms with E-state index in [1.54, 1.807) is 12.1 Å². The van der Waals surface area contributed by atoms with Crippen molar-refractivity contribution < 1.29 is 13.2 Å². The van der Waals surface area contributed by atoms with Gasteiger partial charge in [0.2, 0.25) is 0 Å². The summed E-state index contributed by atoms with van der Waals surface area (Å²) in [5.41, 5.74) is 7.61.